The molecule has 4 nitrogen and oxygen atoms in total. The van der Waals surface area contributed by atoms with Crippen molar-refractivity contribution in [2.75, 3.05) is 18.4 Å². The molecule has 22 heavy (non-hydrogen) atoms. The van der Waals surface area contributed by atoms with Gasteiger partial charge < -0.3 is 10.6 Å². The molecule has 0 saturated heterocycles. The molecular formula is C17H20N4S. The second-order valence-corrected chi connectivity index (χ2v) is 6.01. The van der Waals surface area contributed by atoms with E-state index < -0.39 is 0 Å². The van der Waals surface area contributed by atoms with Crippen LogP contribution in [0.1, 0.15) is 19.0 Å². The molecular weight excluding hydrogens is 292 g/mol. The lowest BCUT2D eigenvalue weighted by atomic mass is 10.2. The van der Waals surface area contributed by atoms with Gasteiger partial charge in [-0.3, -0.25) is 4.98 Å². The fraction of sp³-hybridized carbons (Fsp3) is 0.294. The number of rotatable bonds is 7. The maximum Gasteiger partial charge on any atom is 0.187 e. The summed E-state index contributed by atoms with van der Waals surface area (Å²) in [6.45, 7) is 4.22. The lowest BCUT2D eigenvalue weighted by Gasteiger charge is -2.06. The average molecular weight is 312 g/mol. The first-order valence-electron chi connectivity index (χ1n) is 7.62. The summed E-state index contributed by atoms with van der Waals surface area (Å²) >= 11 is 1.64. The molecule has 3 aromatic rings. The van der Waals surface area contributed by atoms with Crippen LogP contribution in [0, 0.1) is 0 Å². The quantitative estimate of drug-likeness (QED) is 0.648. The fourth-order valence-corrected chi connectivity index (χ4v) is 3.07. The molecule has 0 fully saturated rings. The van der Waals surface area contributed by atoms with Gasteiger partial charge in [-0.2, -0.15) is 0 Å². The highest BCUT2D eigenvalue weighted by molar-refractivity contribution is 7.13. The van der Waals surface area contributed by atoms with Gasteiger partial charge >= 0.3 is 0 Å². The molecule has 2 N–H and O–H groups in total. The minimum atomic E-state index is 0.920. The van der Waals surface area contributed by atoms with Crippen LogP contribution < -0.4 is 10.6 Å². The number of hydrogen-bond acceptors (Lipinski definition) is 5. The zero-order chi connectivity index (χ0) is 15.2. The van der Waals surface area contributed by atoms with Crippen LogP contribution in [0.4, 0.5) is 10.8 Å². The Labute approximate surface area is 134 Å². The molecule has 114 valence electrons. The molecule has 0 aliphatic rings. The molecule has 3 rings (SSSR count). The molecule has 1 aromatic carbocycles. The second kappa shape index (κ2) is 7.33. The molecule has 0 atom stereocenters. The van der Waals surface area contributed by atoms with Gasteiger partial charge in [0.25, 0.3) is 0 Å². The summed E-state index contributed by atoms with van der Waals surface area (Å²) in [4.78, 5) is 9.11. The predicted molar refractivity (Wildman–Crippen MR) is 94.0 cm³/mol. The van der Waals surface area contributed by atoms with Crippen molar-refractivity contribution in [3.63, 3.8) is 0 Å². The molecule has 0 spiro atoms. The number of aromatic nitrogens is 2. The molecule has 5 heteroatoms. The van der Waals surface area contributed by atoms with Gasteiger partial charge in [-0.05, 0) is 25.1 Å². The van der Waals surface area contributed by atoms with E-state index in [-0.39, 0.29) is 0 Å². The van der Waals surface area contributed by atoms with Crippen LogP contribution in [0.15, 0.2) is 41.9 Å². The van der Waals surface area contributed by atoms with Crippen LogP contribution in [0.3, 0.4) is 0 Å². The minimum absolute atomic E-state index is 0.920. The van der Waals surface area contributed by atoms with Gasteiger partial charge in [0.05, 0.1) is 16.9 Å². The molecule has 0 aliphatic carbocycles. The smallest absolute Gasteiger partial charge is 0.187 e. The van der Waals surface area contributed by atoms with Crippen molar-refractivity contribution >= 4 is 33.1 Å². The summed E-state index contributed by atoms with van der Waals surface area (Å²) in [6, 6.07) is 10.2. The van der Waals surface area contributed by atoms with E-state index in [1.807, 2.05) is 24.4 Å². The highest BCUT2D eigenvalue weighted by atomic mass is 32.1. The predicted octanol–water partition coefficient (Wildman–Crippen LogP) is 3.98. The van der Waals surface area contributed by atoms with E-state index in [0.29, 0.717) is 0 Å². The fourth-order valence-electron chi connectivity index (χ4n) is 2.32. The van der Waals surface area contributed by atoms with E-state index in [0.717, 1.165) is 53.3 Å². The Morgan fingerprint density at radius 3 is 2.95 bits per heavy atom. The van der Waals surface area contributed by atoms with Crippen LogP contribution in [0.2, 0.25) is 0 Å². The van der Waals surface area contributed by atoms with Gasteiger partial charge in [-0.25, -0.2) is 4.98 Å². The van der Waals surface area contributed by atoms with Crippen molar-refractivity contribution in [1.29, 1.82) is 0 Å². The first-order valence-corrected chi connectivity index (χ1v) is 8.50. The highest BCUT2D eigenvalue weighted by Crippen LogP contribution is 2.26. The third kappa shape index (κ3) is 3.61. The number of nitrogens with zero attached hydrogens (tertiary/aromatic N) is 2. The Bertz CT molecular complexity index is 733. The van der Waals surface area contributed by atoms with Gasteiger partial charge in [0.1, 0.15) is 0 Å². The summed E-state index contributed by atoms with van der Waals surface area (Å²) in [7, 11) is 0. The number of hydrogen-bond donors (Lipinski definition) is 2. The summed E-state index contributed by atoms with van der Waals surface area (Å²) in [6.07, 6.45) is 3.95. The zero-order valence-electron chi connectivity index (χ0n) is 12.7. The molecule has 0 unspecified atom stereocenters. The lowest BCUT2D eigenvalue weighted by molar-refractivity contribution is 0.667. The molecule has 0 radical (unpaired) electrons. The van der Waals surface area contributed by atoms with Gasteiger partial charge in [0, 0.05) is 29.9 Å². The maximum absolute atomic E-state index is 4.65. The molecule has 2 aromatic heterocycles. The largest absolute Gasteiger partial charge is 0.330 e. The topological polar surface area (TPSA) is 49.8 Å². The second-order valence-electron chi connectivity index (χ2n) is 5.15. The van der Waals surface area contributed by atoms with E-state index in [4.69, 9.17) is 0 Å². The minimum Gasteiger partial charge on any atom is -0.330 e. The molecule has 0 amide bonds. The SMILES string of the molecule is CCCNCCc1csc(Nc2cccc3cccnc23)n1. The number of para-hydroxylation sites is 1. The van der Waals surface area contributed by atoms with Gasteiger partial charge in [-0.1, -0.05) is 25.1 Å². The monoisotopic (exact) mass is 312 g/mol. The summed E-state index contributed by atoms with van der Waals surface area (Å²) in [5.74, 6) is 0. The van der Waals surface area contributed by atoms with E-state index >= 15 is 0 Å². The maximum atomic E-state index is 4.65. The van der Waals surface area contributed by atoms with Gasteiger partial charge in [0.2, 0.25) is 0 Å². The first kappa shape index (κ1) is 14.9. The number of benzene rings is 1. The Morgan fingerprint density at radius 1 is 1.14 bits per heavy atom. The number of pyridine rings is 1. The van der Waals surface area contributed by atoms with Crippen molar-refractivity contribution in [1.82, 2.24) is 15.3 Å². The van der Waals surface area contributed by atoms with Gasteiger partial charge in [-0.15, -0.1) is 11.3 Å². The Hall–Kier alpha value is -1.98. The Kier molecular flexibility index (Phi) is 4.98. The zero-order valence-corrected chi connectivity index (χ0v) is 13.5. The van der Waals surface area contributed by atoms with Crippen LogP contribution in [0.25, 0.3) is 10.9 Å². The van der Waals surface area contributed by atoms with Gasteiger partial charge in [0.15, 0.2) is 5.13 Å². The van der Waals surface area contributed by atoms with Crippen LogP contribution >= 0.6 is 11.3 Å². The summed E-state index contributed by atoms with van der Waals surface area (Å²) in [5.41, 5.74) is 3.11. The van der Waals surface area contributed by atoms with Crippen LogP contribution in [0.5, 0.6) is 0 Å². The first-order chi connectivity index (χ1) is 10.9. The van der Waals surface area contributed by atoms with Crippen LogP contribution in [-0.4, -0.2) is 23.1 Å². The van der Waals surface area contributed by atoms with E-state index in [1.54, 1.807) is 11.3 Å². The normalized spacial score (nSPS) is 11.0. The molecule has 0 aliphatic heterocycles. The number of fused-ring (bicyclic) bond motifs is 1. The molecule has 2 heterocycles. The van der Waals surface area contributed by atoms with Crippen molar-refractivity contribution in [2.24, 2.45) is 0 Å². The van der Waals surface area contributed by atoms with Crippen molar-refractivity contribution in [3.05, 3.63) is 47.6 Å². The summed E-state index contributed by atoms with van der Waals surface area (Å²) in [5, 5.41) is 11.0. The van der Waals surface area contributed by atoms with Crippen molar-refractivity contribution in [3.8, 4) is 0 Å². The number of anilines is 2. The third-order valence-electron chi connectivity index (χ3n) is 3.41. The Balaban J connectivity index is 1.69. The van der Waals surface area contributed by atoms with Crippen molar-refractivity contribution < 1.29 is 0 Å². The lowest BCUT2D eigenvalue weighted by Crippen LogP contribution is -2.17. The highest BCUT2D eigenvalue weighted by Gasteiger charge is 2.05. The molecule has 0 saturated carbocycles. The third-order valence-corrected chi connectivity index (χ3v) is 4.22. The number of nitrogens with one attached hydrogen (secondary N) is 2. The standard InChI is InChI=1S/C17H20N4S/c1-2-9-18-11-8-14-12-22-17(20-14)21-15-7-3-5-13-6-4-10-19-16(13)15/h3-7,10,12,18H,2,8-9,11H2,1H3,(H,20,21). The average Bonchev–Trinajstić information content (AvgIpc) is 2.99. The van der Waals surface area contributed by atoms with E-state index in [1.165, 1.54) is 0 Å². The summed E-state index contributed by atoms with van der Waals surface area (Å²) < 4.78 is 0. The Morgan fingerprint density at radius 2 is 2.05 bits per heavy atom. The van der Waals surface area contributed by atoms with E-state index in [9.17, 15) is 0 Å². The number of thiazole rings is 1. The molecule has 0 bridgehead atoms. The van der Waals surface area contributed by atoms with Crippen molar-refractivity contribution in [2.45, 2.75) is 19.8 Å². The van der Waals surface area contributed by atoms with E-state index in [2.05, 4.69) is 45.0 Å². The van der Waals surface area contributed by atoms with Crippen LogP contribution in [-0.2, 0) is 6.42 Å².